The van der Waals surface area contributed by atoms with Gasteiger partial charge in [-0.1, -0.05) is 15.9 Å². The molecule has 2 aromatic rings. The first-order chi connectivity index (χ1) is 9.15. The average molecular weight is 328 g/mol. The van der Waals surface area contributed by atoms with Crippen LogP contribution in [0.5, 0.6) is 0 Å². The second-order valence-corrected chi connectivity index (χ2v) is 5.04. The van der Waals surface area contributed by atoms with Crippen LogP contribution in [-0.4, -0.2) is 14.2 Å². The Hall–Kier alpha value is -1.17. The van der Waals surface area contributed by atoms with E-state index >= 15 is 0 Å². The van der Waals surface area contributed by atoms with Crippen LogP contribution in [0.25, 0.3) is 0 Å². The predicted octanol–water partition coefficient (Wildman–Crippen LogP) is 3.64. The first-order valence-electron chi connectivity index (χ1n) is 5.85. The fourth-order valence-corrected chi connectivity index (χ4v) is 2.34. The molecule has 1 heterocycles. The molecule has 0 saturated heterocycles. The van der Waals surface area contributed by atoms with E-state index in [4.69, 9.17) is 9.15 Å². The number of rotatable bonds is 5. The molecule has 0 aliphatic carbocycles. The van der Waals surface area contributed by atoms with Crippen molar-refractivity contribution in [3.63, 3.8) is 0 Å². The monoisotopic (exact) mass is 327 g/mol. The van der Waals surface area contributed by atoms with Gasteiger partial charge in [-0.05, 0) is 37.4 Å². The third-order valence-electron chi connectivity index (χ3n) is 2.81. The molecule has 0 bridgehead atoms. The van der Waals surface area contributed by atoms with E-state index in [1.165, 1.54) is 6.07 Å². The van der Waals surface area contributed by atoms with Gasteiger partial charge in [0.05, 0.1) is 6.04 Å². The van der Waals surface area contributed by atoms with Crippen LogP contribution in [-0.2, 0) is 11.3 Å². The molecule has 19 heavy (non-hydrogen) atoms. The Morgan fingerprint density at radius 3 is 2.84 bits per heavy atom. The SMILES string of the molecule is CNC(c1ccc(COC)o1)c1cc(Br)ccc1F. The van der Waals surface area contributed by atoms with Gasteiger partial charge in [-0.15, -0.1) is 0 Å². The lowest BCUT2D eigenvalue weighted by molar-refractivity contribution is 0.162. The molecule has 0 radical (unpaired) electrons. The summed E-state index contributed by atoms with van der Waals surface area (Å²) in [5, 5.41) is 3.06. The standard InChI is InChI=1S/C14H15BrFNO2/c1-17-14(11-7-9(15)3-5-12(11)16)13-6-4-10(19-13)8-18-2/h3-7,14,17H,8H2,1-2H3. The molecule has 1 aromatic heterocycles. The van der Waals surface area contributed by atoms with Gasteiger partial charge >= 0.3 is 0 Å². The number of hydrogen-bond donors (Lipinski definition) is 1. The molecule has 2 rings (SSSR count). The van der Waals surface area contributed by atoms with Gasteiger partial charge in [0.1, 0.15) is 23.9 Å². The van der Waals surface area contributed by atoms with Crippen LogP contribution in [0.4, 0.5) is 4.39 Å². The molecule has 0 amide bonds. The summed E-state index contributed by atoms with van der Waals surface area (Å²) in [7, 11) is 3.37. The fourth-order valence-electron chi connectivity index (χ4n) is 1.96. The minimum Gasteiger partial charge on any atom is -0.462 e. The van der Waals surface area contributed by atoms with Crippen molar-refractivity contribution in [2.75, 3.05) is 14.2 Å². The minimum absolute atomic E-state index is 0.271. The number of ether oxygens (including phenoxy) is 1. The molecule has 1 unspecified atom stereocenters. The third-order valence-corrected chi connectivity index (χ3v) is 3.30. The highest BCUT2D eigenvalue weighted by Crippen LogP contribution is 2.28. The highest BCUT2D eigenvalue weighted by atomic mass is 79.9. The van der Waals surface area contributed by atoms with E-state index in [-0.39, 0.29) is 11.9 Å². The Bertz CT molecular complexity index is 556. The maximum atomic E-state index is 13.9. The Balaban J connectivity index is 2.35. The highest BCUT2D eigenvalue weighted by Gasteiger charge is 2.20. The maximum Gasteiger partial charge on any atom is 0.129 e. The summed E-state index contributed by atoms with van der Waals surface area (Å²) in [4.78, 5) is 0. The number of benzene rings is 1. The lowest BCUT2D eigenvalue weighted by atomic mass is 10.0. The van der Waals surface area contributed by atoms with Crippen molar-refractivity contribution >= 4 is 15.9 Å². The highest BCUT2D eigenvalue weighted by molar-refractivity contribution is 9.10. The summed E-state index contributed by atoms with van der Waals surface area (Å²) in [5.41, 5.74) is 0.537. The first-order valence-corrected chi connectivity index (χ1v) is 6.64. The normalized spacial score (nSPS) is 12.6. The molecular weight excluding hydrogens is 313 g/mol. The van der Waals surface area contributed by atoms with Crippen LogP contribution < -0.4 is 5.32 Å². The first kappa shape index (κ1) is 14.2. The van der Waals surface area contributed by atoms with Crippen molar-refractivity contribution in [2.45, 2.75) is 12.6 Å². The molecule has 0 spiro atoms. The number of methoxy groups -OCH3 is 1. The molecule has 0 fully saturated rings. The molecule has 1 N–H and O–H groups in total. The van der Waals surface area contributed by atoms with E-state index in [0.29, 0.717) is 23.7 Å². The van der Waals surface area contributed by atoms with Crippen molar-refractivity contribution in [1.82, 2.24) is 5.32 Å². The third kappa shape index (κ3) is 3.23. The van der Waals surface area contributed by atoms with Gasteiger partial charge in [0.2, 0.25) is 0 Å². The van der Waals surface area contributed by atoms with Gasteiger partial charge in [-0.3, -0.25) is 0 Å². The molecule has 0 saturated carbocycles. The Kier molecular flexibility index (Phi) is 4.74. The van der Waals surface area contributed by atoms with Gasteiger partial charge in [0.15, 0.2) is 0 Å². The van der Waals surface area contributed by atoms with Crippen molar-refractivity contribution in [1.29, 1.82) is 0 Å². The predicted molar refractivity (Wildman–Crippen MR) is 74.4 cm³/mol. The number of furan rings is 1. The number of halogens is 2. The molecule has 5 heteroatoms. The summed E-state index contributed by atoms with van der Waals surface area (Å²) in [5.74, 6) is 1.10. The van der Waals surface area contributed by atoms with Crippen LogP contribution in [0.15, 0.2) is 39.2 Å². The zero-order valence-corrected chi connectivity index (χ0v) is 12.3. The minimum atomic E-state index is -0.330. The van der Waals surface area contributed by atoms with Gasteiger partial charge in [0, 0.05) is 17.1 Å². The van der Waals surface area contributed by atoms with E-state index in [9.17, 15) is 4.39 Å². The van der Waals surface area contributed by atoms with Gasteiger partial charge in [0.25, 0.3) is 0 Å². The lowest BCUT2D eigenvalue weighted by Crippen LogP contribution is -2.18. The molecule has 1 atom stereocenters. The van der Waals surface area contributed by atoms with E-state index in [1.54, 1.807) is 26.3 Å². The molecule has 0 aliphatic rings. The van der Waals surface area contributed by atoms with Crippen molar-refractivity contribution in [3.05, 3.63) is 57.7 Å². The Morgan fingerprint density at radius 1 is 1.37 bits per heavy atom. The summed E-state index contributed by atoms with van der Waals surface area (Å²) >= 11 is 3.35. The largest absolute Gasteiger partial charge is 0.462 e. The van der Waals surface area contributed by atoms with Gasteiger partial charge in [-0.25, -0.2) is 4.39 Å². The summed E-state index contributed by atoms with van der Waals surface area (Å²) in [6, 6.07) is 8.18. The van der Waals surface area contributed by atoms with Crippen molar-refractivity contribution in [3.8, 4) is 0 Å². The van der Waals surface area contributed by atoms with Crippen LogP contribution in [0, 0.1) is 5.82 Å². The Morgan fingerprint density at radius 2 is 2.16 bits per heavy atom. The zero-order chi connectivity index (χ0) is 13.8. The average Bonchev–Trinajstić information content (AvgIpc) is 2.83. The lowest BCUT2D eigenvalue weighted by Gasteiger charge is -2.15. The van der Waals surface area contributed by atoms with Crippen LogP contribution >= 0.6 is 15.9 Å². The number of nitrogens with one attached hydrogen (secondary N) is 1. The Labute approximate surface area is 119 Å². The van der Waals surface area contributed by atoms with Crippen LogP contribution in [0.1, 0.15) is 23.1 Å². The molecule has 3 nitrogen and oxygen atoms in total. The van der Waals surface area contributed by atoms with Crippen molar-refractivity contribution in [2.24, 2.45) is 0 Å². The fraction of sp³-hybridized carbons (Fsp3) is 0.286. The van der Waals surface area contributed by atoms with Crippen molar-refractivity contribution < 1.29 is 13.5 Å². The molecule has 102 valence electrons. The molecular formula is C14H15BrFNO2. The van der Waals surface area contributed by atoms with E-state index in [0.717, 1.165) is 4.47 Å². The second kappa shape index (κ2) is 6.32. The van der Waals surface area contributed by atoms with Crippen LogP contribution in [0.3, 0.4) is 0 Å². The van der Waals surface area contributed by atoms with E-state index in [1.807, 2.05) is 12.1 Å². The van der Waals surface area contributed by atoms with E-state index in [2.05, 4.69) is 21.2 Å². The van der Waals surface area contributed by atoms with Gasteiger partial charge < -0.3 is 14.5 Å². The summed E-state index contributed by atoms with van der Waals surface area (Å²) in [6.07, 6.45) is 0. The summed E-state index contributed by atoms with van der Waals surface area (Å²) < 4.78 is 25.4. The maximum absolute atomic E-state index is 13.9. The van der Waals surface area contributed by atoms with Crippen LogP contribution in [0.2, 0.25) is 0 Å². The topological polar surface area (TPSA) is 34.4 Å². The summed E-state index contributed by atoms with van der Waals surface area (Å²) in [6.45, 7) is 0.400. The van der Waals surface area contributed by atoms with Gasteiger partial charge in [-0.2, -0.15) is 0 Å². The quantitative estimate of drug-likeness (QED) is 0.910. The molecule has 0 aliphatic heterocycles. The number of hydrogen-bond acceptors (Lipinski definition) is 3. The van der Waals surface area contributed by atoms with E-state index < -0.39 is 0 Å². The molecule has 1 aromatic carbocycles. The zero-order valence-electron chi connectivity index (χ0n) is 10.7. The smallest absolute Gasteiger partial charge is 0.129 e. The second-order valence-electron chi connectivity index (χ2n) is 4.12.